The molecule has 1 aliphatic heterocycles. The lowest BCUT2D eigenvalue weighted by Gasteiger charge is -2.30. The number of hydrogen-bond donors (Lipinski definition) is 4. The molecule has 0 atom stereocenters. The van der Waals surface area contributed by atoms with Crippen LogP contribution in [0.25, 0.3) is 10.9 Å². The monoisotopic (exact) mass is 511 g/mol. The number of benzene rings is 2. The lowest BCUT2D eigenvalue weighted by molar-refractivity contribution is -0.140. The third-order valence-corrected chi connectivity index (χ3v) is 6.57. The van der Waals surface area contributed by atoms with Crippen molar-refractivity contribution in [2.45, 2.75) is 31.6 Å². The van der Waals surface area contributed by atoms with E-state index in [0.717, 1.165) is 48.4 Å². The van der Waals surface area contributed by atoms with Crippen molar-refractivity contribution < 1.29 is 13.2 Å². The van der Waals surface area contributed by atoms with Gasteiger partial charge in [0.1, 0.15) is 6.54 Å². The van der Waals surface area contributed by atoms with E-state index in [4.69, 9.17) is 11.1 Å². The average Bonchev–Trinajstić information content (AvgIpc) is 3.20. The van der Waals surface area contributed by atoms with Gasteiger partial charge in [-0.3, -0.25) is 5.41 Å². The molecule has 0 aliphatic carbocycles. The second-order valence-corrected chi connectivity index (χ2v) is 9.34. The number of nitrogens with one attached hydrogen (secondary N) is 3. The van der Waals surface area contributed by atoms with E-state index < -0.39 is 12.7 Å². The molecule has 2 aromatic carbocycles. The average molecular weight is 512 g/mol. The van der Waals surface area contributed by atoms with Crippen molar-refractivity contribution in [1.82, 2.24) is 9.47 Å². The van der Waals surface area contributed by atoms with Crippen molar-refractivity contribution in [3.05, 3.63) is 54.2 Å². The van der Waals surface area contributed by atoms with Crippen LogP contribution in [0, 0.1) is 17.3 Å². The number of guanidine groups is 1. The number of nitrogens with zero attached hydrogens (tertiary/aromatic N) is 3. The Morgan fingerprint density at radius 1 is 1.16 bits per heavy atom. The molecule has 3 aromatic rings. The summed E-state index contributed by atoms with van der Waals surface area (Å²) in [6.07, 6.45) is -2.40. The topological polar surface area (TPSA) is 85.3 Å². The van der Waals surface area contributed by atoms with Gasteiger partial charge in [0.2, 0.25) is 0 Å². The highest BCUT2D eigenvalue weighted by molar-refractivity contribution is 5.94. The van der Waals surface area contributed by atoms with Crippen LogP contribution in [0.4, 0.5) is 30.2 Å². The van der Waals surface area contributed by atoms with Crippen molar-refractivity contribution in [3.8, 4) is 11.8 Å². The molecule has 7 nitrogen and oxygen atoms in total. The summed E-state index contributed by atoms with van der Waals surface area (Å²) in [6.45, 7) is 1.14. The van der Waals surface area contributed by atoms with E-state index >= 15 is 0 Å². The number of fused-ring (bicyclic) bond motifs is 1. The van der Waals surface area contributed by atoms with Crippen LogP contribution in [-0.4, -0.2) is 61.4 Å². The summed E-state index contributed by atoms with van der Waals surface area (Å²) in [4.78, 5) is 3.82. The molecule has 4 rings (SSSR count). The van der Waals surface area contributed by atoms with Crippen molar-refractivity contribution >= 4 is 33.9 Å². The largest absolute Gasteiger partial charge is 0.406 e. The molecule has 0 unspecified atom stereocenters. The van der Waals surface area contributed by atoms with Crippen LogP contribution in [-0.2, 0) is 6.54 Å². The maximum atomic E-state index is 13.5. The Labute approximate surface area is 214 Å². The highest BCUT2D eigenvalue weighted by Gasteiger charge is 2.30. The van der Waals surface area contributed by atoms with Gasteiger partial charge in [-0.15, -0.1) is 0 Å². The number of nitrogens with two attached hydrogens (primary N) is 1. The fraction of sp³-hybridized carbons (Fsp3) is 0.370. The lowest BCUT2D eigenvalue weighted by Crippen LogP contribution is -2.36. The zero-order valence-electron chi connectivity index (χ0n) is 21.0. The first-order valence-electron chi connectivity index (χ1n) is 12.2. The Morgan fingerprint density at radius 2 is 1.86 bits per heavy atom. The minimum Gasteiger partial charge on any atom is -0.382 e. The van der Waals surface area contributed by atoms with Crippen LogP contribution in [0.5, 0.6) is 0 Å². The summed E-state index contributed by atoms with van der Waals surface area (Å²) in [5.41, 5.74) is 8.74. The van der Waals surface area contributed by atoms with Crippen LogP contribution in [0.1, 0.15) is 18.5 Å². The van der Waals surface area contributed by atoms with Crippen molar-refractivity contribution in [2.24, 2.45) is 5.73 Å². The number of anilines is 3. The molecule has 1 aromatic heterocycles. The highest BCUT2D eigenvalue weighted by Crippen LogP contribution is 2.31. The van der Waals surface area contributed by atoms with E-state index in [1.165, 1.54) is 4.57 Å². The molecule has 1 fully saturated rings. The molecule has 10 heteroatoms. The van der Waals surface area contributed by atoms with Gasteiger partial charge in [-0.25, -0.2) is 0 Å². The Balaban J connectivity index is 1.53. The number of hydrogen-bond acceptors (Lipinski definition) is 4. The van der Waals surface area contributed by atoms with E-state index in [0.29, 0.717) is 11.2 Å². The second kappa shape index (κ2) is 11.0. The van der Waals surface area contributed by atoms with Gasteiger partial charge in [-0.2, -0.15) is 13.2 Å². The number of aromatic nitrogens is 1. The van der Waals surface area contributed by atoms with Gasteiger partial charge < -0.3 is 30.7 Å². The number of piperidine rings is 1. The quantitative estimate of drug-likeness (QED) is 0.222. The molecule has 2 heterocycles. The predicted octanol–water partition coefficient (Wildman–Crippen LogP) is 4.50. The molecule has 0 radical (unpaired) electrons. The van der Waals surface area contributed by atoms with Gasteiger partial charge in [0.15, 0.2) is 5.96 Å². The van der Waals surface area contributed by atoms with E-state index in [1.807, 2.05) is 30.3 Å². The van der Waals surface area contributed by atoms with Gasteiger partial charge in [0.05, 0.1) is 17.8 Å². The van der Waals surface area contributed by atoms with Crippen LogP contribution in [0.3, 0.4) is 0 Å². The van der Waals surface area contributed by atoms with E-state index in [2.05, 4.69) is 34.4 Å². The summed E-state index contributed by atoms with van der Waals surface area (Å²) < 4.78 is 41.6. The van der Waals surface area contributed by atoms with E-state index in [9.17, 15) is 13.2 Å². The van der Waals surface area contributed by atoms with Gasteiger partial charge in [0, 0.05) is 35.5 Å². The Bertz CT molecular complexity index is 1290. The molecule has 196 valence electrons. The number of halogens is 3. The normalized spacial score (nSPS) is 14.7. The number of rotatable bonds is 6. The molecule has 5 N–H and O–H groups in total. The van der Waals surface area contributed by atoms with Gasteiger partial charge in [-0.05, 0) is 81.4 Å². The van der Waals surface area contributed by atoms with Crippen LogP contribution in [0.2, 0.25) is 0 Å². The molecule has 1 aliphatic rings. The second-order valence-electron chi connectivity index (χ2n) is 9.34. The molecular weight excluding hydrogens is 479 g/mol. The summed E-state index contributed by atoms with van der Waals surface area (Å²) in [5, 5.41) is 14.9. The first-order valence-corrected chi connectivity index (χ1v) is 12.2. The molecule has 0 saturated carbocycles. The molecule has 0 amide bonds. The van der Waals surface area contributed by atoms with E-state index in [1.54, 1.807) is 30.1 Å². The summed E-state index contributed by atoms with van der Waals surface area (Å²) in [7, 11) is 3.79. The lowest BCUT2D eigenvalue weighted by atomic mass is 10.0. The Hall–Kier alpha value is -3.84. The summed E-state index contributed by atoms with van der Waals surface area (Å²) in [5.74, 6) is 5.83. The molecular formula is C27H32F3N7. The smallest absolute Gasteiger partial charge is 0.382 e. The molecule has 0 bridgehead atoms. The fourth-order valence-corrected chi connectivity index (χ4v) is 4.46. The van der Waals surface area contributed by atoms with Gasteiger partial charge in [-0.1, -0.05) is 12.0 Å². The third kappa shape index (κ3) is 6.68. The van der Waals surface area contributed by atoms with Crippen molar-refractivity contribution in [3.63, 3.8) is 0 Å². The minimum atomic E-state index is -4.37. The van der Waals surface area contributed by atoms with Crippen LogP contribution < -0.4 is 21.3 Å². The van der Waals surface area contributed by atoms with Crippen LogP contribution in [0.15, 0.2) is 48.5 Å². The fourth-order valence-electron chi connectivity index (χ4n) is 4.46. The third-order valence-electron chi connectivity index (χ3n) is 6.57. The van der Waals surface area contributed by atoms with Crippen molar-refractivity contribution in [2.75, 3.05) is 49.3 Å². The zero-order valence-corrected chi connectivity index (χ0v) is 21.0. The standard InChI is InChI=1S/C27H32F3N7/c1-35-15-12-20(13-16-35)34-24-6-3-7-25-23(24)17-22(37(25)18-27(28,29)30)5-4-14-33-19-8-10-21(11-9-19)36(2)26(31)32/h3,6-11,17,20,33-34H,12-16,18H2,1-2H3,(H3,31,32). The minimum absolute atomic E-state index is 0.0643. The Kier molecular flexibility index (Phi) is 7.83. The SMILES string of the molecule is CN1CCC(Nc2cccc3c2cc(C#CCNc2ccc(N(C)C(=N)N)cc2)n3CC(F)(F)F)CC1. The molecule has 0 spiro atoms. The van der Waals surface area contributed by atoms with Gasteiger partial charge >= 0.3 is 6.18 Å². The number of likely N-dealkylation sites (tertiary alicyclic amines) is 1. The summed E-state index contributed by atoms with van der Waals surface area (Å²) in [6, 6.07) is 14.8. The predicted molar refractivity (Wildman–Crippen MR) is 144 cm³/mol. The first kappa shape index (κ1) is 26.2. The zero-order chi connectivity index (χ0) is 26.6. The van der Waals surface area contributed by atoms with Crippen LogP contribution >= 0.6 is 0 Å². The molecule has 37 heavy (non-hydrogen) atoms. The maximum absolute atomic E-state index is 13.5. The van der Waals surface area contributed by atoms with Crippen molar-refractivity contribution in [1.29, 1.82) is 5.41 Å². The number of alkyl halides is 3. The molecule has 1 saturated heterocycles. The summed E-state index contributed by atoms with van der Waals surface area (Å²) >= 11 is 0. The van der Waals surface area contributed by atoms with Gasteiger partial charge in [0.25, 0.3) is 0 Å². The Morgan fingerprint density at radius 3 is 2.51 bits per heavy atom. The van der Waals surface area contributed by atoms with E-state index in [-0.39, 0.29) is 18.5 Å². The maximum Gasteiger partial charge on any atom is 0.406 e. The first-order chi connectivity index (χ1) is 17.6. The highest BCUT2D eigenvalue weighted by atomic mass is 19.4.